The van der Waals surface area contributed by atoms with Crippen LogP contribution in [0.15, 0.2) is 41.0 Å². The van der Waals surface area contributed by atoms with E-state index >= 15 is 0 Å². The number of hydrogen-bond acceptors (Lipinski definition) is 5. The van der Waals surface area contributed by atoms with Gasteiger partial charge in [-0.05, 0) is 35.7 Å². The third-order valence-corrected chi connectivity index (χ3v) is 4.32. The molecule has 0 aliphatic carbocycles. The van der Waals surface area contributed by atoms with E-state index in [0.717, 1.165) is 29.2 Å². The molecule has 0 spiro atoms. The first-order valence-electron chi connectivity index (χ1n) is 9.05. The van der Waals surface area contributed by atoms with Crippen LogP contribution in [0, 0.1) is 5.92 Å². The van der Waals surface area contributed by atoms with Crippen molar-refractivity contribution in [3.63, 3.8) is 0 Å². The maximum Gasteiger partial charge on any atom is 0.234 e. The predicted molar refractivity (Wildman–Crippen MR) is 98.2 cm³/mol. The monoisotopic (exact) mass is 358 g/mol. The second kappa shape index (κ2) is 8.76. The lowest BCUT2D eigenvalue weighted by Gasteiger charge is -2.23. The summed E-state index contributed by atoms with van der Waals surface area (Å²) < 4.78 is 16.7. The average molecular weight is 358 g/mol. The van der Waals surface area contributed by atoms with Crippen LogP contribution in [-0.2, 0) is 11.3 Å². The van der Waals surface area contributed by atoms with E-state index in [4.69, 9.17) is 13.9 Å². The Labute approximate surface area is 153 Å². The summed E-state index contributed by atoms with van der Waals surface area (Å²) in [6.07, 6.45) is 2.48. The predicted octanol–water partition coefficient (Wildman–Crippen LogP) is 3.04. The molecule has 3 rings (SSSR count). The third kappa shape index (κ3) is 4.79. The van der Waals surface area contributed by atoms with Crippen LogP contribution in [0.3, 0.4) is 0 Å². The molecule has 1 aliphatic heterocycles. The molecule has 1 amide bonds. The highest BCUT2D eigenvalue weighted by atomic mass is 16.5. The average Bonchev–Trinajstić information content (AvgIpc) is 3.04. The highest BCUT2D eigenvalue weighted by molar-refractivity contribution is 5.78. The molecule has 140 valence electrons. The van der Waals surface area contributed by atoms with Crippen molar-refractivity contribution in [2.75, 3.05) is 19.8 Å². The maximum atomic E-state index is 12.1. The Morgan fingerprint density at radius 2 is 1.96 bits per heavy atom. The van der Waals surface area contributed by atoms with Gasteiger partial charge in [0.2, 0.25) is 5.91 Å². The van der Waals surface area contributed by atoms with Gasteiger partial charge in [0.15, 0.2) is 11.5 Å². The summed E-state index contributed by atoms with van der Waals surface area (Å²) in [5, 5.41) is 6.20. The first kappa shape index (κ1) is 18.3. The van der Waals surface area contributed by atoms with Crippen molar-refractivity contribution in [1.29, 1.82) is 0 Å². The standard InChI is InChI=1S/C20H26N2O4/c1-14(2)20(22-13-19(23)21-12-16-5-3-8-24-16)15-6-7-17-18(11-15)26-10-4-9-25-17/h3,5-8,11,14,20,22H,4,9-10,12-13H2,1-2H3,(H,21,23)/t20-/m0/s1. The molecule has 2 aromatic rings. The fourth-order valence-corrected chi connectivity index (χ4v) is 2.98. The fraction of sp³-hybridized carbons (Fsp3) is 0.450. The first-order chi connectivity index (χ1) is 12.6. The van der Waals surface area contributed by atoms with Gasteiger partial charge in [0.1, 0.15) is 5.76 Å². The minimum Gasteiger partial charge on any atom is -0.490 e. The van der Waals surface area contributed by atoms with E-state index in [2.05, 4.69) is 24.5 Å². The van der Waals surface area contributed by atoms with Gasteiger partial charge in [-0.2, -0.15) is 0 Å². The molecular weight excluding hydrogens is 332 g/mol. The molecule has 1 aliphatic rings. The largest absolute Gasteiger partial charge is 0.490 e. The molecule has 0 radical (unpaired) electrons. The second-order valence-corrected chi connectivity index (χ2v) is 6.72. The molecule has 26 heavy (non-hydrogen) atoms. The van der Waals surface area contributed by atoms with E-state index in [1.807, 2.05) is 24.3 Å². The van der Waals surface area contributed by atoms with Crippen molar-refractivity contribution in [3.8, 4) is 11.5 Å². The SMILES string of the molecule is CC(C)[C@H](NCC(=O)NCc1ccco1)c1ccc2c(c1)OCCCO2. The van der Waals surface area contributed by atoms with Crippen LogP contribution in [0.1, 0.15) is 37.6 Å². The Bertz CT molecular complexity index is 713. The minimum atomic E-state index is -0.0682. The summed E-state index contributed by atoms with van der Waals surface area (Å²) in [7, 11) is 0. The number of amides is 1. The van der Waals surface area contributed by atoms with E-state index in [0.29, 0.717) is 25.7 Å². The summed E-state index contributed by atoms with van der Waals surface area (Å²) in [6, 6.07) is 9.68. The molecule has 0 saturated carbocycles. The zero-order valence-corrected chi connectivity index (χ0v) is 15.3. The maximum absolute atomic E-state index is 12.1. The third-order valence-electron chi connectivity index (χ3n) is 4.32. The quantitative estimate of drug-likeness (QED) is 0.796. The number of ether oxygens (including phenoxy) is 2. The summed E-state index contributed by atoms with van der Waals surface area (Å²) in [5.41, 5.74) is 1.09. The zero-order valence-electron chi connectivity index (χ0n) is 15.3. The molecule has 1 aromatic carbocycles. The molecule has 0 unspecified atom stereocenters. The number of hydrogen-bond donors (Lipinski definition) is 2. The molecule has 0 fully saturated rings. The van der Waals surface area contributed by atoms with E-state index in [1.54, 1.807) is 12.3 Å². The molecular formula is C20H26N2O4. The zero-order chi connectivity index (χ0) is 18.4. The molecule has 6 nitrogen and oxygen atoms in total. The summed E-state index contributed by atoms with van der Waals surface area (Å²) in [5.74, 6) is 2.54. The Morgan fingerprint density at radius 1 is 1.15 bits per heavy atom. The summed E-state index contributed by atoms with van der Waals surface area (Å²) >= 11 is 0. The molecule has 1 atom stereocenters. The van der Waals surface area contributed by atoms with E-state index in [9.17, 15) is 4.79 Å². The highest BCUT2D eigenvalue weighted by Gasteiger charge is 2.19. The lowest BCUT2D eigenvalue weighted by molar-refractivity contribution is -0.120. The molecule has 2 N–H and O–H groups in total. The first-order valence-corrected chi connectivity index (χ1v) is 9.05. The number of rotatable bonds is 7. The lowest BCUT2D eigenvalue weighted by atomic mass is 9.95. The summed E-state index contributed by atoms with van der Waals surface area (Å²) in [4.78, 5) is 12.1. The Kier molecular flexibility index (Phi) is 6.17. The molecule has 1 aromatic heterocycles. The molecule has 2 heterocycles. The van der Waals surface area contributed by atoms with Gasteiger partial charge in [-0.25, -0.2) is 0 Å². The minimum absolute atomic E-state index is 0.0431. The fourth-order valence-electron chi connectivity index (χ4n) is 2.98. The van der Waals surface area contributed by atoms with Gasteiger partial charge in [0.05, 0.1) is 32.6 Å². The Morgan fingerprint density at radius 3 is 2.69 bits per heavy atom. The number of benzene rings is 1. The summed E-state index contributed by atoms with van der Waals surface area (Å²) in [6.45, 7) is 6.21. The van der Waals surface area contributed by atoms with Crippen molar-refractivity contribution in [2.45, 2.75) is 32.9 Å². The lowest BCUT2D eigenvalue weighted by Crippen LogP contribution is -2.37. The molecule has 6 heteroatoms. The molecule has 0 saturated heterocycles. The van der Waals surface area contributed by atoms with Crippen molar-refractivity contribution in [3.05, 3.63) is 47.9 Å². The van der Waals surface area contributed by atoms with Crippen LogP contribution >= 0.6 is 0 Å². The van der Waals surface area contributed by atoms with E-state index in [-0.39, 0.29) is 18.5 Å². The van der Waals surface area contributed by atoms with Crippen LogP contribution in [0.2, 0.25) is 0 Å². The number of nitrogens with one attached hydrogen (secondary N) is 2. The number of carbonyl (C=O) groups is 1. The van der Waals surface area contributed by atoms with Crippen LogP contribution in [0.25, 0.3) is 0 Å². The van der Waals surface area contributed by atoms with Gasteiger partial charge in [0, 0.05) is 12.5 Å². The highest BCUT2D eigenvalue weighted by Crippen LogP contribution is 2.34. The number of furan rings is 1. The smallest absolute Gasteiger partial charge is 0.234 e. The van der Waals surface area contributed by atoms with Gasteiger partial charge in [-0.3, -0.25) is 4.79 Å². The van der Waals surface area contributed by atoms with Gasteiger partial charge in [0.25, 0.3) is 0 Å². The number of carbonyl (C=O) groups excluding carboxylic acids is 1. The van der Waals surface area contributed by atoms with Gasteiger partial charge in [-0.15, -0.1) is 0 Å². The number of fused-ring (bicyclic) bond motifs is 1. The van der Waals surface area contributed by atoms with Crippen LogP contribution < -0.4 is 20.1 Å². The van der Waals surface area contributed by atoms with Crippen molar-refractivity contribution < 1.29 is 18.7 Å². The normalized spacial score (nSPS) is 14.7. The van der Waals surface area contributed by atoms with E-state index < -0.39 is 0 Å². The van der Waals surface area contributed by atoms with Gasteiger partial charge >= 0.3 is 0 Å². The van der Waals surface area contributed by atoms with Crippen molar-refractivity contribution >= 4 is 5.91 Å². The van der Waals surface area contributed by atoms with Crippen molar-refractivity contribution in [2.24, 2.45) is 5.92 Å². The topological polar surface area (TPSA) is 72.7 Å². The van der Waals surface area contributed by atoms with Crippen LogP contribution in [0.5, 0.6) is 11.5 Å². The van der Waals surface area contributed by atoms with Crippen molar-refractivity contribution in [1.82, 2.24) is 10.6 Å². The van der Waals surface area contributed by atoms with Gasteiger partial charge < -0.3 is 24.5 Å². The Balaban J connectivity index is 1.60. The molecule has 0 bridgehead atoms. The van der Waals surface area contributed by atoms with Gasteiger partial charge in [-0.1, -0.05) is 19.9 Å². The Hall–Kier alpha value is -2.47. The van der Waals surface area contributed by atoms with Crippen LogP contribution in [0.4, 0.5) is 0 Å². The second-order valence-electron chi connectivity index (χ2n) is 6.72. The van der Waals surface area contributed by atoms with Crippen LogP contribution in [-0.4, -0.2) is 25.7 Å². The van der Waals surface area contributed by atoms with E-state index in [1.165, 1.54) is 0 Å².